The lowest BCUT2D eigenvalue weighted by atomic mass is 10.1. The number of rotatable bonds is 7. The third-order valence-corrected chi connectivity index (χ3v) is 4.83. The molecular weight excluding hydrogens is 414 g/mol. The van der Waals surface area contributed by atoms with Gasteiger partial charge in [0.2, 0.25) is 0 Å². The van der Waals surface area contributed by atoms with Crippen molar-refractivity contribution >= 4 is 40.3 Å². The monoisotopic (exact) mass is 441 g/mol. The van der Waals surface area contributed by atoms with Gasteiger partial charge in [-0.15, -0.1) is 0 Å². The second-order valence-electron chi connectivity index (χ2n) is 7.98. The number of nitrogens with zero attached hydrogens (tertiary/aromatic N) is 2. The standard InChI is InChI=1S/C22H27N5O3S/c1-22(2,3)30-21(29)24-11-6-8-14-7-5-9-15(13-14)25-18-17-16(10-12-23-19(17)28)26-20(27-18)31-4/h5,7,9-10,12-13H,6,8,11H2,1-4H3,(H,23,28)(H,24,29)(H,25,26,27). The number of hydrogen-bond acceptors (Lipinski definition) is 7. The number of fused-ring (bicyclic) bond motifs is 1. The Hall–Kier alpha value is -3.07. The van der Waals surface area contributed by atoms with Crippen LogP contribution in [0.15, 0.2) is 46.5 Å². The van der Waals surface area contributed by atoms with Crippen molar-refractivity contribution < 1.29 is 9.53 Å². The zero-order chi connectivity index (χ0) is 22.4. The van der Waals surface area contributed by atoms with Gasteiger partial charge in [-0.25, -0.2) is 14.8 Å². The summed E-state index contributed by atoms with van der Waals surface area (Å²) in [5, 5.41) is 7.04. The Balaban J connectivity index is 1.68. The van der Waals surface area contributed by atoms with Gasteiger partial charge in [-0.2, -0.15) is 0 Å². The van der Waals surface area contributed by atoms with Crippen LogP contribution >= 0.6 is 11.8 Å². The molecule has 2 heterocycles. The Kier molecular flexibility index (Phi) is 7.17. The first kappa shape index (κ1) is 22.6. The molecular formula is C22H27N5O3S. The number of H-pyrrole nitrogens is 1. The quantitative estimate of drug-likeness (QED) is 0.286. The van der Waals surface area contributed by atoms with Crippen LogP contribution in [0.25, 0.3) is 10.9 Å². The van der Waals surface area contributed by atoms with Gasteiger partial charge in [-0.3, -0.25) is 4.79 Å². The summed E-state index contributed by atoms with van der Waals surface area (Å²) in [6, 6.07) is 9.67. The molecule has 0 aliphatic heterocycles. The van der Waals surface area contributed by atoms with Crippen molar-refractivity contribution in [2.45, 2.75) is 44.4 Å². The Morgan fingerprint density at radius 2 is 2.03 bits per heavy atom. The van der Waals surface area contributed by atoms with Gasteiger partial charge in [0.05, 0.1) is 5.52 Å². The highest BCUT2D eigenvalue weighted by atomic mass is 32.2. The molecule has 0 fully saturated rings. The number of benzene rings is 1. The molecule has 9 heteroatoms. The summed E-state index contributed by atoms with van der Waals surface area (Å²) in [7, 11) is 0. The van der Waals surface area contributed by atoms with Crippen molar-refractivity contribution in [1.29, 1.82) is 0 Å². The van der Waals surface area contributed by atoms with Crippen LogP contribution in [0.4, 0.5) is 16.3 Å². The van der Waals surface area contributed by atoms with Crippen LogP contribution in [0.2, 0.25) is 0 Å². The van der Waals surface area contributed by atoms with Crippen LogP contribution in [0.5, 0.6) is 0 Å². The largest absolute Gasteiger partial charge is 0.444 e. The Bertz CT molecular complexity index is 1120. The summed E-state index contributed by atoms with van der Waals surface area (Å²) in [6.07, 6.45) is 4.62. The summed E-state index contributed by atoms with van der Waals surface area (Å²) >= 11 is 1.42. The fraction of sp³-hybridized carbons (Fsp3) is 0.364. The SMILES string of the molecule is CSc1nc(Nc2cccc(CCCNC(=O)OC(C)(C)C)c2)c2c(=O)[nH]ccc2n1. The van der Waals surface area contributed by atoms with E-state index in [-0.39, 0.29) is 5.56 Å². The minimum Gasteiger partial charge on any atom is -0.444 e. The van der Waals surface area contributed by atoms with E-state index in [1.165, 1.54) is 11.8 Å². The number of anilines is 2. The molecule has 0 aliphatic carbocycles. The number of thioether (sulfide) groups is 1. The summed E-state index contributed by atoms with van der Waals surface area (Å²) in [4.78, 5) is 35.7. The lowest BCUT2D eigenvalue weighted by molar-refractivity contribution is 0.0527. The molecule has 31 heavy (non-hydrogen) atoms. The molecule has 164 valence electrons. The molecule has 0 saturated carbocycles. The lowest BCUT2D eigenvalue weighted by Crippen LogP contribution is -2.33. The summed E-state index contributed by atoms with van der Waals surface area (Å²) in [5.41, 5.74) is 1.78. The van der Waals surface area contributed by atoms with Crippen molar-refractivity contribution in [3.63, 3.8) is 0 Å². The molecule has 8 nitrogen and oxygen atoms in total. The normalized spacial score (nSPS) is 11.4. The molecule has 1 amide bonds. The predicted molar refractivity (Wildman–Crippen MR) is 124 cm³/mol. The topological polar surface area (TPSA) is 109 Å². The molecule has 3 aromatic rings. The second-order valence-corrected chi connectivity index (χ2v) is 8.76. The van der Waals surface area contributed by atoms with E-state index in [0.29, 0.717) is 28.4 Å². The first-order valence-electron chi connectivity index (χ1n) is 10.0. The van der Waals surface area contributed by atoms with Crippen LogP contribution < -0.4 is 16.2 Å². The number of nitrogens with one attached hydrogen (secondary N) is 3. The van der Waals surface area contributed by atoms with E-state index in [2.05, 4.69) is 25.6 Å². The molecule has 0 saturated heterocycles. The van der Waals surface area contributed by atoms with E-state index < -0.39 is 11.7 Å². The predicted octanol–water partition coefficient (Wildman–Crippen LogP) is 4.24. The van der Waals surface area contributed by atoms with E-state index in [1.807, 2.05) is 51.3 Å². The summed E-state index contributed by atoms with van der Waals surface area (Å²) in [5.74, 6) is 0.472. The van der Waals surface area contributed by atoms with Crippen LogP contribution in [0, 0.1) is 0 Å². The number of amides is 1. The lowest BCUT2D eigenvalue weighted by Gasteiger charge is -2.19. The molecule has 0 unspecified atom stereocenters. The number of ether oxygens (including phenoxy) is 1. The van der Waals surface area contributed by atoms with Gasteiger partial charge in [-0.05, 0) is 63.6 Å². The van der Waals surface area contributed by atoms with E-state index in [1.54, 1.807) is 12.3 Å². The number of aromatic amines is 1. The van der Waals surface area contributed by atoms with Crippen LogP contribution in [-0.2, 0) is 11.2 Å². The number of aryl methyl sites for hydroxylation is 1. The molecule has 0 aliphatic rings. The maximum absolute atomic E-state index is 12.3. The number of carbonyl (C=O) groups is 1. The van der Waals surface area contributed by atoms with Crippen molar-refractivity contribution in [2.75, 3.05) is 18.1 Å². The van der Waals surface area contributed by atoms with Crippen molar-refractivity contribution in [3.05, 3.63) is 52.4 Å². The number of hydrogen-bond donors (Lipinski definition) is 3. The maximum Gasteiger partial charge on any atom is 0.407 e. The molecule has 1 aromatic carbocycles. The maximum atomic E-state index is 12.3. The Labute approximate surface area is 185 Å². The van der Waals surface area contributed by atoms with Crippen LogP contribution in [0.3, 0.4) is 0 Å². The number of pyridine rings is 1. The van der Waals surface area contributed by atoms with E-state index in [4.69, 9.17) is 4.74 Å². The number of carbonyl (C=O) groups excluding carboxylic acids is 1. The highest BCUT2D eigenvalue weighted by molar-refractivity contribution is 7.98. The smallest absolute Gasteiger partial charge is 0.407 e. The first-order chi connectivity index (χ1) is 14.7. The zero-order valence-electron chi connectivity index (χ0n) is 18.1. The van der Waals surface area contributed by atoms with Gasteiger partial charge in [-0.1, -0.05) is 23.9 Å². The third-order valence-electron chi connectivity index (χ3n) is 4.28. The Morgan fingerprint density at radius 1 is 1.23 bits per heavy atom. The van der Waals surface area contributed by atoms with Crippen LogP contribution in [0.1, 0.15) is 32.8 Å². The third kappa shape index (κ3) is 6.45. The minimum atomic E-state index is -0.507. The molecule has 0 bridgehead atoms. The van der Waals surface area contributed by atoms with Gasteiger partial charge in [0.1, 0.15) is 16.8 Å². The van der Waals surface area contributed by atoms with Crippen molar-refractivity contribution in [1.82, 2.24) is 20.3 Å². The highest BCUT2D eigenvalue weighted by Crippen LogP contribution is 2.24. The second kappa shape index (κ2) is 9.82. The highest BCUT2D eigenvalue weighted by Gasteiger charge is 2.15. The van der Waals surface area contributed by atoms with Gasteiger partial charge < -0.3 is 20.4 Å². The van der Waals surface area contributed by atoms with Gasteiger partial charge in [0.15, 0.2) is 5.16 Å². The summed E-state index contributed by atoms with van der Waals surface area (Å²) in [6.45, 7) is 6.03. The fourth-order valence-electron chi connectivity index (χ4n) is 2.99. The zero-order valence-corrected chi connectivity index (χ0v) is 18.9. The molecule has 0 atom stereocenters. The summed E-state index contributed by atoms with van der Waals surface area (Å²) < 4.78 is 5.24. The first-order valence-corrected chi connectivity index (χ1v) is 11.2. The van der Waals surface area contributed by atoms with Gasteiger partial charge in [0.25, 0.3) is 5.56 Å². The van der Waals surface area contributed by atoms with Crippen molar-refractivity contribution in [2.24, 2.45) is 0 Å². The molecule has 0 radical (unpaired) electrons. The van der Waals surface area contributed by atoms with E-state index in [0.717, 1.165) is 24.1 Å². The van der Waals surface area contributed by atoms with Gasteiger partial charge in [0, 0.05) is 18.4 Å². The van der Waals surface area contributed by atoms with E-state index in [9.17, 15) is 9.59 Å². The van der Waals surface area contributed by atoms with E-state index >= 15 is 0 Å². The fourth-order valence-corrected chi connectivity index (χ4v) is 3.36. The number of aromatic nitrogens is 3. The van der Waals surface area contributed by atoms with Crippen molar-refractivity contribution in [3.8, 4) is 0 Å². The molecule has 3 N–H and O–H groups in total. The molecule has 2 aromatic heterocycles. The van der Waals surface area contributed by atoms with Gasteiger partial charge >= 0.3 is 6.09 Å². The molecule has 3 rings (SSSR count). The average Bonchev–Trinajstić information content (AvgIpc) is 2.70. The Morgan fingerprint density at radius 3 is 2.77 bits per heavy atom. The average molecular weight is 442 g/mol. The molecule has 0 spiro atoms. The minimum absolute atomic E-state index is 0.239. The van der Waals surface area contributed by atoms with Crippen LogP contribution in [-0.4, -0.2) is 39.4 Å². The number of alkyl carbamates (subject to hydrolysis) is 1.